The van der Waals surface area contributed by atoms with Gasteiger partial charge in [-0.25, -0.2) is 4.57 Å². The van der Waals surface area contributed by atoms with Crippen LogP contribution in [0.25, 0.3) is 16.0 Å². The molecule has 0 unspecified atom stereocenters. The minimum Gasteiger partial charge on any atom is -0.369 e. The maximum Gasteiger partial charge on any atom is 0.314 e. The Bertz CT molecular complexity index is 1010. The molecule has 0 bridgehead atoms. The molecule has 0 fully saturated rings. The van der Waals surface area contributed by atoms with E-state index in [-0.39, 0.29) is 20.6 Å². The predicted molar refractivity (Wildman–Crippen MR) is 67.9 cm³/mol. The topological polar surface area (TPSA) is 107 Å². The summed E-state index contributed by atoms with van der Waals surface area (Å²) in [4.78, 5) is 30.5. The standard InChI is InChI=1S/C10H3F4N5O2S/c11-1-3(2(12)6(14)16-5(1)13)19-7-4(22-10(19)21)8(20)18-9(15)17-7/h(H3,15,17,18,20). The molecule has 114 valence electrons. The van der Waals surface area contributed by atoms with Gasteiger partial charge in [-0.1, -0.05) is 11.3 Å². The molecule has 0 spiro atoms. The van der Waals surface area contributed by atoms with Crippen LogP contribution in [0.2, 0.25) is 0 Å². The molecule has 0 saturated carbocycles. The Morgan fingerprint density at radius 1 is 1.05 bits per heavy atom. The van der Waals surface area contributed by atoms with Gasteiger partial charge in [0.25, 0.3) is 17.5 Å². The van der Waals surface area contributed by atoms with Gasteiger partial charge < -0.3 is 5.73 Å². The summed E-state index contributed by atoms with van der Waals surface area (Å²) in [5.74, 6) is -8.14. The summed E-state index contributed by atoms with van der Waals surface area (Å²) in [5.41, 5.74) is 2.57. The van der Waals surface area contributed by atoms with Crippen LogP contribution in [0.3, 0.4) is 0 Å². The highest BCUT2D eigenvalue weighted by Gasteiger charge is 2.26. The van der Waals surface area contributed by atoms with Crippen molar-refractivity contribution < 1.29 is 17.6 Å². The molecule has 0 amide bonds. The van der Waals surface area contributed by atoms with E-state index < -0.39 is 51.2 Å². The molecular weight excluding hydrogens is 330 g/mol. The van der Waals surface area contributed by atoms with Crippen LogP contribution in [0.15, 0.2) is 9.59 Å². The number of hydrogen-bond acceptors (Lipinski definition) is 6. The number of aromatic nitrogens is 4. The van der Waals surface area contributed by atoms with Crippen molar-refractivity contribution in [1.29, 1.82) is 0 Å². The van der Waals surface area contributed by atoms with Gasteiger partial charge in [0.15, 0.2) is 5.65 Å². The number of anilines is 1. The molecule has 0 saturated heterocycles. The monoisotopic (exact) mass is 333 g/mol. The largest absolute Gasteiger partial charge is 0.369 e. The SMILES string of the molecule is Nc1nc2c(sc(=O)n2-c2c(F)c(F)nc(F)c2F)c(=O)[nH]1. The fourth-order valence-electron chi connectivity index (χ4n) is 1.80. The minimum absolute atomic E-state index is 0.226. The number of nitrogens with zero attached hydrogens (tertiary/aromatic N) is 3. The van der Waals surface area contributed by atoms with Gasteiger partial charge in [-0.2, -0.15) is 27.5 Å². The number of nitrogens with one attached hydrogen (secondary N) is 1. The van der Waals surface area contributed by atoms with E-state index in [1.807, 2.05) is 0 Å². The van der Waals surface area contributed by atoms with Gasteiger partial charge in [-0.15, -0.1) is 0 Å². The lowest BCUT2D eigenvalue weighted by Crippen LogP contribution is -2.18. The number of thiazole rings is 1. The summed E-state index contributed by atoms with van der Waals surface area (Å²) in [5, 5.41) is 0. The average Bonchev–Trinajstić information content (AvgIpc) is 2.75. The Morgan fingerprint density at radius 2 is 1.64 bits per heavy atom. The number of pyridine rings is 1. The molecule has 0 radical (unpaired) electrons. The molecule has 7 nitrogen and oxygen atoms in total. The van der Waals surface area contributed by atoms with Crippen molar-refractivity contribution in [3.05, 3.63) is 43.6 Å². The van der Waals surface area contributed by atoms with Crippen LogP contribution >= 0.6 is 11.3 Å². The van der Waals surface area contributed by atoms with Gasteiger partial charge in [-0.3, -0.25) is 14.6 Å². The summed E-state index contributed by atoms with van der Waals surface area (Å²) >= 11 is 0.285. The van der Waals surface area contributed by atoms with Gasteiger partial charge in [-0.05, 0) is 0 Å². The number of nitrogen functional groups attached to an aromatic ring is 1. The van der Waals surface area contributed by atoms with Crippen LogP contribution < -0.4 is 16.2 Å². The lowest BCUT2D eigenvalue weighted by atomic mass is 10.3. The van der Waals surface area contributed by atoms with E-state index in [0.29, 0.717) is 0 Å². The van der Waals surface area contributed by atoms with Crippen molar-refractivity contribution >= 4 is 27.6 Å². The number of hydrogen-bond donors (Lipinski definition) is 2. The third kappa shape index (κ3) is 1.88. The van der Waals surface area contributed by atoms with E-state index in [4.69, 9.17) is 5.73 Å². The summed E-state index contributed by atoms with van der Waals surface area (Å²) in [6, 6.07) is 0. The Kier molecular flexibility index (Phi) is 2.98. The highest BCUT2D eigenvalue weighted by atomic mass is 32.1. The van der Waals surface area contributed by atoms with Crippen molar-refractivity contribution in [3.63, 3.8) is 0 Å². The number of aromatic amines is 1. The zero-order chi connectivity index (χ0) is 16.2. The van der Waals surface area contributed by atoms with Crippen molar-refractivity contribution in [1.82, 2.24) is 19.5 Å². The molecule has 22 heavy (non-hydrogen) atoms. The quantitative estimate of drug-likeness (QED) is 0.503. The van der Waals surface area contributed by atoms with E-state index in [9.17, 15) is 27.2 Å². The second kappa shape index (κ2) is 4.62. The predicted octanol–water partition coefficient (Wildman–Crippen LogP) is 0.669. The van der Waals surface area contributed by atoms with Crippen LogP contribution in [0.1, 0.15) is 0 Å². The van der Waals surface area contributed by atoms with Crippen molar-refractivity contribution in [2.45, 2.75) is 0 Å². The normalized spacial score (nSPS) is 11.3. The van der Waals surface area contributed by atoms with Crippen LogP contribution in [-0.4, -0.2) is 19.5 Å². The lowest BCUT2D eigenvalue weighted by Gasteiger charge is -2.07. The Labute approximate surface area is 120 Å². The summed E-state index contributed by atoms with van der Waals surface area (Å²) in [6.07, 6.45) is 0. The smallest absolute Gasteiger partial charge is 0.314 e. The van der Waals surface area contributed by atoms with Gasteiger partial charge in [0.1, 0.15) is 10.4 Å². The number of rotatable bonds is 1. The van der Waals surface area contributed by atoms with E-state index in [1.165, 1.54) is 0 Å². The second-order valence-corrected chi connectivity index (χ2v) is 4.94. The zero-order valence-electron chi connectivity index (χ0n) is 10.2. The van der Waals surface area contributed by atoms with E-state index >= 15 is 0 Å². The van der Waals surface area contributed by atoms with Crippen LogP contribution in [0.4, 0.5) is 23.5 Å². The molecule has 3 heterocycles. The maximum atomic E-state index is 13.8. The molecule has 0 aliphatic rings. The van der Waals surface area contributed by atoms with Gasteiger partial charge in [0, 0.05) is 0 Å². The van der Waals surface area contributed by atoms with E-state index in [2.05, 4.69) is 15.0 Å². The number of H-pyrrole nitrogens is 1. The molecule has 12 heteroatoms. The van der Waals surface area contributed by atoms with E-state index in [0.717, 1.165) is 0 Å². The van der Waals surface area contributed by atoms with Gasteiger partial charge in [0.05, 0.1) is 0 Å². The highest BCUT2D eigenvalue weighted by molar-refractivity contribution is 7.16. The first kappa shape index (κ1) is 14.2. The summed E-state index contributed by atoms with van der Waals surface area (Å²) in [6.45, 7) is 0. The lowest BCUT2D eigenvalue weighted by molar-refractivity contribution is 0.402. The maximum absolute atomic E-state index is 13.8. The highest BCUT2D eigenvalue weighted by Crippen LogP contribution is 2.24. The minimum atomic E-state index is -1.95. The number of halogens is 4. The fraction of sp³-hybridized carbons (Fsp3) is 0. The van der Waals surface area contributed by atoms with Crippen molar-refractivity contribution in [2.75, 3.05) is 5.73 Å². The molecule has 0 aromatic carbocycles. The Hall–Kier alpha value is -2.76. The molecule has 3 aromatic heterocycles. The van der Waals surface area contributed by atoms with Crippen molar-refractivity contribution in [2.24, 2.45) is 0 Å². The first-order chi connectivity index (χ1) is 10.3. The Balaban J connectivity index is 2.55. The van der Waals surface area contributed by atoms with Crippen LogP contribution in [0, 0.1) is 23.5 Å². The third-order valence-electron chi connectivity index (χ3n) is 2.66. The summed E-state index contributed by atoms with van der Waals surface area (Å²) < 4.78 is 53.8. The van der Waals surface area contributed by atoms with Crippen LogP contribution in [0.5, 0.6) is 0 Å². The first-order valence-electron chi connectivity index (χ1n) is 5.43. The third-order valence-corrected chi connectivity index (χ3v) is 3.59. The molecule has 0 aliphatic carbocycles. The fourth-order valence-corrected chi connectivity index (χ4v) is 2.62. The molecule has 0 atom stereocenters. The molecule has 0 aliphatic heterocycles. The zero-order valence-corrected chi connectivity index (χ0v) is 11.0. The molecule has 3 N–H and O–H groups in total. The van der Waals surface area contributed by atoms with Gasteiger partial charge >= 0.3 is 4.87 Å². The molecular formula is C10H3F4N5O2S. The number of fused-ring (bicyclic) bond motifs is 1. The molecule has 3 aromatic rings. The van der Waals surface area contributed by atoms with Crippen LogP contribution in [-0.2, 0) is 0 Å². The average molecular weight is 333 g/mol. The summed E-state index contributed by atoms with van der Waals surface area (Å²) in [7, 11) is 0. The van der Waals surface area contributed by atoms with Gasteiger partial charge in [0.2, 0.25) is 17.6 Å². The van der Waals surface area contributed by atoms with Crippen molar-refractivity contribution in [3.8, 4) is 5.69 Å². The second-order valence-electron chi connectivity index (χ2n) is 3.98. The first-order valence-corrected chi connectivity index (χ1v) is 6.24. The number of nitrogens with two attached hydrogens (primary N) is 1. The van der Waals surface area contributed by atoms with E-state index in [1.54, 1.807) is 0 Å². The molecule has 3 rings (SSSR count). The Morgan fingerprint density at radius 3 is 2.23 bits per heavy atom.